The Morgan fingerprint density at radius 2 is 1.81 bits per heavy atom. The Hall–Kier alpha value is -1.60. The minimum absolute atomic E-state index is 0.425. The van der Waals surface area contributed by atoms with Gasteiger partial charge in [-0.1, -0.05) is 0 Å². The monoisotopic (exact) mass is 272 g/mol. The summed E-state index contributed by atoms with van der Waals surface area (Å²) in [6.45, 7) is 0. The molecule has 0 aliphatic carbocycles. The van der Waals surface area contributed by atoms with Crippen molar-refractivity contribution in [3.63, 3.8) is 0 Å². The molecule has 2 heterocycles. The molecule has 0 N–H and O–H groups in total. The molecule has 3 aromatic rings. The first-order chi connectivity index (χ1) is 7.93. The third-order valence-electron chi connectivity index (χ3n) is 2.32. The van der Waals surface area contributed by atoms with Gasteiger partial charge in [0, 0.05) is 0 Å². The summed E-state index contributed by atoms with van der Waals surface area (Å²) in [5.74, 6) is 0. The molecule has 0 aliphatic rings. The van der Waals surface area contributed by atoms with Crippen LogP contribution >= 0.6 is 0 Å². The molecule has 1 atom stereocenters. The van der Waals surface area contributed by atoms with Crippen molar-refractivity contribution in [2.75, 3.05) is 0 Å². The number of para-hydroxylation sites is 1. The van der Waals surface area contributed by atoms with Gasteiger partial charge in [0.15, 0.2) is 0 Å². The van der Waals surface area contributed by atoms with Gasteiger partial charge < -0.3 is 0 Å². The van der Waals surface area contributed by atoms with Crippen LogP contribution in [0.4, 0.5) is 0 Å². The van der Waals surface area contributed by atoms with Gasteiger partial charge in [0.05, 0.1) is 0 Å². The molecular formula is C12H9AsN2O. The van der Waals surface area contributed by atoms with Crippen molar-refractivity contribution < 1.29 is 4.52 Å². The first-order valence-electron chi connectivity index (χ1n) is 4.95. The van der Waals surface area contributed by atoms with Gasteiger partial charge in [-0.3, -0.25) is 0 Å². The summed E-state index contributed by atoms with van der Waals surface area (Å²) in [5, 5.41) is 5.29. The van der Waals surface area contributed by atoms with E-state index >= 15 is 0 Å². The number of aromatic nitrogens is 2. The molecule has 4 heteroatoms. The van der Waals surface area contributed by atoms with E-state index in [1.165, 1.54) is 4.35 Å². The Labute approximate surface area is 99.2 Å². The molecule has 3 nitrogen and oxygen atoms in total. The second-order valence-electron chi connectivity index (χ2n) is 3.39. The number of benzene rings is 1. The van der Waals surface area contributed by atoms with E-state index in [2.05, 4.69) is 16.2 Å². The molecule has 3 rings (SSSR count). The average Bonchev–Trinajstić information content (AvgIpc) is 2.74. The minimum atomic E-state index is -0.425. The Morgan fingerprint density at radius 1 is 1.00 bits per heavy atom. The topological polar surface area (TPSA) is 38.9 Å². The zero-order valence-corrected chi connectivity index (χ0v) is 10.5. The number of nitrogens with zero attached hydrogens (tertiary/aromatic N) is 2. The van der Waals surface area contributed by atoms with E-state index in [0.29, 0.717) is 0 Å². The Bertz CT molecular complexity index is 606. The maximum atomic E-state index is 5.29. The van der Waals surface area contributed by atoms with Crippen LogP contribution in [0.25, 0.3) is 11.0 Å². The second kappa shape index (κ2) is 4.11. The first-order valence-corrected chi connectivity index (χ1v) is 7.05. The fraction of sp³-hybridized carbons (Fsp3) is 0. The van der Waals surface area contributed by atoms with Crippen LogP contribution in [-0.4, -0.2) is 25.9 Å². The normalized spacial score (nSPS) is 11.5. The van der Waals surface area contributed by atoms with Crippen molar-refractivity contribution in [2.45, 2.75) is 0 Å². The zero-order valence-electron chi connectivity index (χ0n) is 8.42. The van der Waals surface area contributed by atoms with Crippen LogP contribution < -0.4 is 8.83 Å². The van der Waals surface area contributed by atoms with Crippen LogP contribution in [0.15, 0.2) is 53.3 Å². The van der Waals surface area contributed by atoms with E-state index in [4.69, 9.17) is 4.52 Å². The predicted molar refractivity (Wildman–Crippen MR) is 64.7 cm³/mol. The van der Waals surface area contributed by atoms with Crippen molar-refractivity contribution in [1.29, 1.82) is 0 Å². The summed E-state index contributed by atoms with van der Waals surface area (Å²) >= 11 is -0.425. The van der Waals surface area contributed by atoms with E-state index in [0.717, 1.165) is 15.5 Å². The summed E-state index contributed by atoms with van der Waals surface area (Å²) in [6, 6.07) is 12.1. The van der Waals surface area contributed by atoms with Crippen molar-refractivity contribution in [2.24, 2.45) is 0 Å². The Kier molecular flexibility index (Phi) is 2.47. The molecule has 0 saturated carbocycles. The van der Waals surface area contributed by atoms with Gasteiger partial charge in [-0.2, -0.15) is 0 Å². The van der Waals surface area contributed by atoms with E-state index in [-0.39, 0.29) is 0 Å². The third kappa shape index (κ3) is 1.74. The van der Waals surface area contributed by atoms with E-state index in [9.17, 15) is 0 Å². The molecule has 0 aliphatic heterocycles. The van der Waals surface area contributed by atoms with Gasteiger partial charge in [-0.25, -0.2) is 0 Å². The van der Waals surface area contributed by atoms with Crippen LogP contribution in [0.3, 0.4) is 0 Å². The van der Waals surface area contributed by atoms with Crippen LogP contribution in [0, 0.1) is 0 Å². The fourth-order valence-corrected chi connectivity index (χ4v) is 3.69. The van der Waals surface area contributed by atoms with Gasteiger partial charge in [-0.05, 0) is 0 Å². The fourth-order valence-electron chi connectivity index (χ4n) is 1.55. The first kappa shape index (κ1) is 9.61. The van der Waals surface area contributed by atoms with Crippen LogP contribution in [0.5, 0.6) is 0 Å². The van der Waals surface area contributed by atoms with Gasteiger partial charge in [0.2, 0.25) is 0 Å². The Morgan fingerprint density at radius 3 is 2.69 bits per heavy atom. The van der Waals surface area contributed by atoms with E-state index in [1.54, 1.807) is 0 Å². The summed E-state index contributed by atoms with van der Waals surface area (Å²) in [4.78, 5) is 4.01. The molecule has 1 aromatic carbocycles. The number of pyridine rings is 1. The average molecular weight is 272 g/mol. The molecule has 0 radical (unpaired) electrons. The zero-order chi connectivity index (χ0) is 10.8. The summed E-state index contributed by atoms with van der Waals surface area (Å²) in [5.41, 5.74) is 0.871. The standard InChI is InChI=1S/C12H9AsN2O/c1-2-4-11-10(3-1)12(15-16-11)13-9-5-7-14-8-6-9/h1-8,13H. The van der Waals surface area contributed by atoms with E-state index in [1.807, 2.05) is 42.7 Å². The van der Waals surface area contributed by atoms with Crippen LogP contribution in [0.1, 0.15) is 0 Å². The third-order valence-corrected chi connectivity index (χ3v) is 4.88. The number of hydrogen-bond acceptors (Lipinski definition) is 3. The van der Waals surface area contributed by atoms with Gasteiger partial charge in [-0.15, -0.1) is 0 Å². The van der Waals surface area contributed by atoms with Gasteiger partial charge >= 0.3 is 99.0 Å². The second-order valence-corrected chi connectivity index (χ2v) is 6.12. The summed E-state index contributed by atoms with van der Waals surface area (Å²) in [7, 11) is 0. The number of rotatable bonds is 2. The maximum absolute atomic E-state index is 5.29. The number of hydrogen-bond donors (Lipinski definition) is 0. The van der Waals surface area contributed by atoms with Crippen LogP contribution in [0.2, 0.25) is 0 Å². The molecule has 16 heavy (non-hydrogen) atoms. The number of fused-ring (bicyclic) bond motifs is 1. The molecule has 78 valence electrons. The quantitative estimate of drug-likeness (QED) is 0.642. The van der Waals surface area contributed by atoms with Crippen molar-refractivity contribution >= 4 is 35.6 Å². The summed E-state index contributed by atoms with van der Waals surface area (Å²) in [6.07, 6.45) is 3.64. The molecule has 0 spiro atoms. The van der Waals surface area contributed by atoms with Crippen molar-refractivity contribution in [3.8, 4) is 0 Å². The predicted octanol–water partition coefficient (Wildman–Crippen LogP) is 0.610. The summed E-state index contributed by atoms with van der Waals surface area (Å²) < 4.78 is 7.70. The van der Waals surface area contributed by atoms with Gasteiger partial charge in [0.1, 0.15) is 0 Å². The van der Waals surface area contributed by atoms with Gasteiger partial charge in [0.25, 0.3) is 0 Å². The molecule has 2 aromatic heterocycles. The molecule has 0 bridgehead atoms. The van der Waals surface area contributed by atoms with Crippen LogP contribution in [-0.2, 0) is 0 Å². The van der Waals surface area contributed by atoms with Crippen molar-refractivity contribution in [1.82, 2.24) is 10.1 Å². The molecule has 0 saturated heterocycles. The van der Waals surface area contributed by atoms with Crippen molar-refractivity contribution in [3.05, 3.63) is 48.8 Å². The molecular weight excluding hydrogens is 263 g/mol. The molecule has 0 amide bonds. The molecule has 1 unspecified atom stereocenters. The Balaban J connectivity index is 2.01. The molecule has 0 fully saturated rings. The SMILES string of the molecule is c1ccc2c([AsH]c3ccncc3)noc2c1. The van der Waals surface area contributed by atoms with E-state index < -0.39 is 15.8 Å².